The van der Waals surface area contributed by atoms with Crippen LogP contribution in [0.15, 0.2) is 48.5 Å². The van der Waals surface area contributed by atoms with Crippen LogP contribution in [0, 0.1) is 0 Å². The number of ether oxygens (including phenoxy) is 1. The summed E-state index contributed by atoms with van der Waals surface area (Å²) in [5, 5.41) is 8.23. The van der Waals surface area contributed by atoms with Crippen LogP contribution in [0.25, 0.3) is 0 Å². The number of rotatable bonds is 8. The first-order valence-corrected chi connectivity index (χ1v) is 9.18. The number of nitrogens with one attached hydrogen (secondary N) is 3. The Morgan fingerprint density at radius 2 is 1.85 bits per heavy atom. The summed E-state index contributed by atoms with van der Waals surface area (Å²) in [6.07, 6.45) is 0.822. The van der Waals surface area contributed by atoms with Gasteiger partial charge < -0.3 is 20.7 Å². The van der Waals surface area contributed by atoms with E-state index in [1.54, 1.807) is 0 Å². The van der Waals surface area contributed by atoms with Crippen LogP contribution < -0.4 is 20.7 Å². The van der Waals surface area contributed by atoms with E-state index in [0.29, 0.717) is 6.61 Å². The van der Waals surface area contributed by atoms with Crippen LogP contribution in [0.1, 0.15) is 37.9 Å². The summed E-state index contributed by atoms with van der Waals surface area (Å²) in [4.78, 5) is 24.2. The highest BCUT2D eigenvalue weighted by atomic mass is 16.5. The van der Waals surface area contributed by atoms with Crippen molar-refractivity contribution in [2.24, 2.45) is 0 Å². The lowest BCUT2D eigenvalue weighted by Crippen LogP contribution is -2.41. The van der Waals surface area contributed by atoms with Crippen LogP contribution in [0.4, 0.5) is 10.5 Å². The lowest BCUT2D eigenvalue weighted by Gasteiger charge is -2.16. The zero-order valence-corrected chi connectivity index (χ0v) is 16.0. The molecule has 6 heteroatoms. The Labute approximate surface area is 160 Å². The topological polar surface area (TPSA) is 79.5 Å². The molecule has 3 N–H and O–H groups in total. The van der Waals surface area contributed by atoms with Crippen LogP contribution in [0.5, 0.6) is 5.75 Å². The van der Waals surface area contributed by atoms with E-state index in [1.165, 1.54) is 0 Å². The quantitative estimate of drug-likeness (QED) is 0.664. The van der Waals surface area contributed by atoms with Gasteiger partial charge in [-0.05, 0) is 49.6 Å². The van der Waals surface area contributed by atoms with Crippen LogP contribution in [0.3, 0.4) is 0 Å². The minimum Gasteiger partial charge on any atom is -0.494 e. The average Bonchev–Trinajstić information content (AvgIpc) is 2.67. The molecule has 0 heterocycles. The Balaban J connectivity index is 1.83. The van der Waals surface area contributed by atoms with Gasteiger partial charge in [-0.2, -0.15) is 0 Å². The van der Waals surface area contributed by atoms with Gasteiger partial charge in [0, 0.05) is 5.69 Å². The maximum absolute atomic E-state index is 12.1. The number of hydrogen-bond donors (Lipinski definition) is 3. The molecule has 0 spiro atoms. The summed E-state index contributed by atoms with van der Waals surface area (Å²) in [5.41, 5.74) is 2.75. The smallest absolute Gasteiger partial charge is 0.315 e. The van der Waals surface area contributed by atoms with E-state index >= 15 is 0 Å². The Morgan fingerprint density at radius 1 is 1.07 bits per heavy atom. The van der Waals surface area contributed by atoms with Gasteiger partial charge in [0.1, 0.15) is 5.75 Å². The maximum Gasteiger partial charge on any atom is 0.315 e. The van der Waals surface area contributed by atoms with E-state index in [-0.39, 0.29) is 18.5 Å². The number of urea groups is 1. The first-order valence-electron chi connectivity index (χ1n) is 9.18. The molecule has 2 rings (SSSR count). The molecule has 0 saturated heterocycles. The highest BCUT2D eigenvalue weighted by Gasteiger charge is 2.12. The van der Waals surface area contributed by atoms with E-state index in [2.05, 4.69) is 16.0 Å². The van der Waals surface area contributed by atoms with Crippen LogP contribution in [0.2, 0.25) is 0 Å². The third-order valence-electron chi connectivity index (χ3n) is 4.10. The number of anilines is 1. The zero-order chi connectivity index (χ0) is 19.6. The molecule has 1 unspecified atom stereocenters. The molecule has 0 aliphatic heterocycles. The molecule has 144 valence electrons. The van der Waals surface area contributed by atoms with Gasteiger partial charge in [-0.3, -0.25) is 4.79 Å². The first kappa shape index (κ1) is 20.3. The first-order chi connectivity index (χ1) is 13.0. The lowest BCUT2D eigenvalue weighted by molar-refractivity contribution is -0.115. The molecular formula is C21H27N3O3. The third kappa shape index (κ3) is 6.33. The van der Waals surface area contributed by atoms with Crippen molar-refractivity contribution in [2.75, 3.05) is 18.5 Å². The number of benzene rings is 2. The summed E-state index contributed by atoms with van der Waals surface area (Å²) in [5.74, 6) is 0.495. The standard InChI is InChI=1S/C21H27N3O3/c1-4-16-9-6-7-12-19(16)24-20(25)14-22-21(26)23-15(3)17-10-8-11-18(13-17)27-5-2/h6-13,15H,4-5,14H2,1-3H3,(H,24,25)(H2,22,23,26). The molecule has 0 radical (unpaired) electrons. The Hall–Kier alpha value is -3.02. The normalized spacial score (nSPS) is 11.4. The Morgan fingerprint density at radius 3 is 2.59 bits per heavy atom. The monoisotopic (exact) mass is 369 g/mol. The fraction of sp³-hybridized carbons (Fsp3) is 0.333. The van der Waals surface area contributed by atoms with E-state index in [4.69, 9.17) is 4.74 Å². The number of hydrogen-bond acceptors (Lipinski definition) is 3. The molecule has 0 bridgehead atoms. The molecule has 0 aromatic heterocycles. The molecule has 0 saturated carbocycles. The Bertz CT molecular complexity index is 777. The molecule has 0 fully saturated rings. The fourth-order valence-corrected chi connectivity index (χ4v) is 2.68. The van der Waals surface area contributed by atoms with Crippen LogP contribution in [-0.2, 0) is 11.2 Å². The highest BCUT2D eigenvalue weighted by Crippen LogP contribution is 2.19. The van der Waals surface area contributed by atoms with Crippen molar-refractivity contribution < 1.29 is 14.3 Å². The predicted molar refractivity (Wildman–Crippen MR) is 107 cm³/mol. The van der Waals surface area contributed by atoms with Gasteiger partial charge in [-0.1, -0.05) is 37.3 Å². The minimum atomic E-state index is -0.400. The van der Waals surface area contributed by atoms with Crippen LogP contribution in [-0.4, -0.2) is 25.1 Å². The van der Waals surface area contributed by atoms with Gasteiger partial charge in [-0.15, -0.1) is 0 Å². The second kappa shape index (κ2) is 10.2. The van der Waals surface area contributed by atoms with Crippen molar-refractivity contribution in [3.8, 4) is 5.75 Å². The van der Waals surface area contributed by atoms with E-state index in [0.717, 1.165) is 29.0 Å². The predicted octanol–water partition coefficient (Wildman–Crippen LogP) is 3.65. The van der Waals surface area contributed by atoms with Gasteiger partial charge in [0.25, 0.3) is 0 Å². The lowest BCUT2D eigenvalue weighted by atomic mass is 10.1. The van der Waals surface area contributed by atoms with Gasteiger partial charge in [0.2, 0.25) is 5.91 Å². The highest BCUT2D eigenvalue weighted by molar-refractivity contribution is 5.94. The Kier molecular flexibility index (Phi) is 7.67. The third-order valence-corrected chi connectivity index (χ3v) is 4.10. The number of para-hydroxylation sites is 1. The SMILES string of the molecule is CCOc1cccc(C(C)NC(=O)NCC(=O)Nc2ccccc2CC)c1. The van der Waals surface area contributed by atoms with E-state index in [1.807, 2.05) is 69.3 Å². The molecule has 1 atom stereocenters. The number of aryl methyl sites for hydroxylation is 1. The number of carbonyl (C=O) groups excluding carboxylic acids is 2. The van der Waals surface area contributed by atoms with E-state index < -0.39 is 6.03 Å². The van der Waals surface area contributed by atoms with Gasteiger partial charge >= 0.3 is 6.03 Å². The largest absolute Gasteiger partial charge is 0.494 e. The van der Waals surface area contributed by atoms with Gasteiger partial charge in [-0.25, -0.2) is 4.79 Å². The molecule has 0 aliphatic rings. The second-order valence-electron chi connectivity index (χ2n) is 6.11. The summed E-state index contributed by atoms with van der Waals surface area (Å²) in [6, 6.07) is 14.6. The van der Waals surface area contributed by atoms with Gasteiger partial charge in [0.15, 0.2) is 0 Å². The summed E-state index contributed by atoms with van der Waals surface area (Å²) >= 11 is 0. The molecule has 6 nitrogen and oxygen atoms in total. The van der Waals surface area contributed by atoms with Crippen molar-refractivity contribution in [3.63, 3.8) is 0 Å². The molecule has 0 aliphatic carbocycles. The summed E-state index contributed by atoms with van der Waals surface area (Å²) in [7, 11) is 0. The number of carbonyl (C=O) groups is 2. The van der Waals surface area contributed by atoms with Crippen molar-refractivity contribution in [3.05, 3.63) is 59.7 Å². The van der Waals surface area contributed by atoms with Crippen molar-refractivity contribution >= 4 is 17.6 Å². The zero-order valence-electron chi connectivity index (χ0n) is 16.0. The molecule has 2 aromatic rings. The summed E-state index contributed by atoms with van der Waals surface area (Å²) < 4.78 is 5.47. The maximum atomic E-state index is 12.1. The van der Waals surface area contributed by atoms with Crippen molar-refractivity contribution in [1.29, 1.82) is 0 Å². The molecule has 2 aromatic carbocycles. The minimum absolute atomic E-state index is 0.102. The molecular weight excluding hydrogens is 342 g/mol. The summed E-state index contributed by atoms with van der Waals surface area (Å²) in [6.45, 7) is 6.31. The fourth-order valence-electron chi connectivity index (χ4n) is 2.68. The van der Waals surface area contributed by atoms with Crippen molar-refractivity contribution in [1.82, 2.24) is 10.6 Å². The average molecular weight is 369 g/mol. The number of amides is 3. The van der Waals surface area contributed by atoms with Gasteiger partial charge in [0.05, 0.1) is 19.2 Å². The van der Waals surface area contributed by atoms with Crippen molar-refractivity contribution in [2.45, 2.75) is 33.2 Å². The van der Waals surface area contributed by atoms with E-state index in [9.17, 15) is 9.59 Å². The molecule has 3 amide bonds. The second-order valence-corrected chi connectivity index (χ2v) is 6.11. The molecule has 27 heavy (non-hydrogen) atoms. The van der Waals surface area contributed by atoms with Crippen LogP contribution >= 0.6 is 0 Å².